The molecule has 0 aliphatic carbocycles. The van der Waals surface area contributed by atoms with E-state index in [-0.39, 0.29) is 12.5 Å². The van der Waals surface area contributed by atoms with Crippen LogP contribution in [0.3, 0.4) is 0 Å². The van der Waals surface area contributed by atoms with Gasteiger partial charge in [-0.3, -0.25) is 4.79 Å². The van der Waals surface area contributed by atoms with Crippen molar-refractivity contribution in [2.75, 3.05) is 30.0 Å². The molecule has 2 aliphatic heterocycles. The highest BCUT2D eigenvalue weighted by atomic mass is 16.3. The van der Waals surface area contributed by atoms with E-state index >= 15 is 0 Å². The number of benzene rings is 1. The molecule has 1 saturated heterocycles. The van der Waals surface area contributed by atoms with E-state index in [2.05, 4.69) is 17.0 Å². The van der Waals surface area contributed by atoms with Crippen LogP contribution in [0.4, 0.5) is 11.4 Å². The molecule has 5 heteroatoms. The summed E-state index contributed by atoms with van der Waals surface area (Å²) in [5.74, 6) is -0.0413. The summed E-state index contributed by atoms with van der Waals surface area (Å²) < 4.78 is 0. The van der Waals surface area contributed by atoms with Crippen molar-refractivity contribution in [3.63, 3.8) is 0 Å². The summed E-state index contributed by atoms with van der Waals surface area (Å²) in [4.78, 5) is 16.0. The Morgan fingerprint density at radius 1 is 1.43 bits per heavy atom. The van der Waals surface area contributed by atoms with Gasteiger partial charge in [-0.15, -0.1) is 0 Å². The monoisotopic (exact) mass is 289 g/mol. The molecule has 21 heavy (non-hydrogen) atoms. The van der Waals surface area contributed by atoms with Gasteiger partial charge >= 0.3 is 0 Å². The summed E-state index contributed by atoms with van der Waals surface area (Å²) in [7, 11) is 1.78. The van der Waals surface area contributed by atoms with Crippen molar-refractivity contribution in [2.45, 2.75) is 37.8 Å². The summed E-state index contributed by atoms with van der Waals surface area (Å²) in [6.07, 6.45) is 4.21. The fourth-order valence-corrected chi connectivity index (χ4v) is 3.53. The summed E-state index contributed by atoms with van der Waals surface area (Å²) >= 11 is 0. The van der Waals surface area contributed by atoms with E-state index in [9.17, 15) is 4.79 Å². The third-order valence-corrected chi connectivity index (χ3v) is 4.71. The van der Waals surface area contributed by atoms with Crippen LogP contribution < -0.4 is 15.5 Å². The van der Waals surface area contributed by atoms with Crippen LogP contribution in [0.15, 0.2) is 18.2 Å². The van der Waals surface area contributed by atoms with Gasteiger partial charge in [-0.1, -0.05) is 6.07 Å². The second-order valence-corrected chi connectivity index (χ2v) is 5.97. The zero-order chi connectivity index (χ0) is 15.0. The molecular weight excluding hydrogens is 266 g/mol. The number of carbonyl (C=O) groups is 1. The van der Waals surface area contributed by atoms with Crippen molar-refractivity contribution in [3.8, 4) is 0 Å². The predicted octanol–water partition coefficient (Wildman–Crippen LogP) is 1.40. The summed E-state index contributed by atoms with van der Waals surface area (Å²) in [5.41, 5.74) is 8.94. The fraction of sp³-hybridized carbons (Fsp3) is 0.562. The highest BCUT2D eigenvalue weighted by molar-refractivity contribution is 6.04. The number of aliphatic hydroxyl groups is 1. The first-order chi connectivity index (χ1) is 10.1. The van der Waals surface area contributed by atoms with E-state index < -0.39 is 6.04 Å². The second-order valence-electron chi connectivity index (χ2n) is 5.97. The van der Waals surface area contributed by atoms with Gasteiger partial charge in [0.25, 0.3) is 0 Å². The smallest absolute Gasteiger partial charge is 0.248 e. The molecule has 0 bridgehead atoms. The summed E-state index contributed by atoms with van der Waals surface area (Å²) in [6.45, 7) is 1.29. The maximum Gasteiger partial charge on any atom is 0.248 e. The van der Waals surface area contributed by atoms with Crippen LogP contribution in [0, 0.1) is 0 Å². The van der Waals surface area contributed by atoms with Crippen molar-refractivity contribution in [3.05, 3.63) is 23.8 Å². The van der Waals surface area contributed by atoms with Crippen molar-refractivity contribution < 1.29 is 9.90 Å². The Morgan fingerprint density at radius 2 is 2.24 bits per heavy atom. The molecule has 2 aliphatic rings. The van der Waals surface area contributed by atoms with Crippen LogP contribution in [-0.4, -0.2) is 37.3 Å². The van der Waals surface area contributed by atoms with Crippen molar-refractivity contribution in [2.24, 2.45) is 5.73 Å². The zero-order valence-corrected chi connectivity index (χ0v) is 12.5. The lowest BCUT2D eigenvalue weighted by molar-refractivity contribution is -0.118. The average molecular weight is 289 g/mol. The number of likely N-dealkylation sites (N-methyl/N-ethyl adjacent to an activating group) is 1. The van der Waals surface area contributed by atoms with Gasteiger partial charge < -0.3 is 20.6 Å². The lowest BCUT2D eigenvalue weighted by atomic mass is 10.1. The molecule has 2 unspecified atom stereocenters. The van der Waals surface area contributed by atoms with Gasteiger partial charge in [0.15, 0.2) is 0 Å². The molecule has 0 spiro atoms. The molecule has 2 heterocycles. The third kappa shape index (κ3) is 2.40. The number of nitrogens with zero attached hydrogens (tertiary/aromatic N) is 2. The van der Waals surface area contributed by atoms with E-state index in [0.29, 0.717) is 6.04 Å². The maximum atomic E-state index is 12.0. The van der Waals surface area contributed by atoms with Crippen molar-refractivity contribution in [1.82, 2.24) is 0 Å². The molecule has 0 radical (unpaired) electrons. The van der Waals surface area contributed by atoms with Crippen molar-refractivity contribution in [1.29, 1.82) is 0 Å². The van der Waals surface area contributed by atoms with Gasteiger partial charge in [-0.2, -0.15) is 0 Å². The Kier molecular flexibility index (Phi) is 3.87. The van der Waals surface area contributed by atoms with E-state index in [1.165, 1.54) is 12.8 Å². The number of carbonyl (C=O) groups excluding carboxylic acids is 1. The number of rotatable bonds is 4. The summed E-state index contributed by atoms with van der Waals surface area (Å²) in [5, 5.41) is 9.03. The number of fused-ring (bicyclic) bond motifs is 1. The first kappa shape index (κ1) is 14.4. The maximum absolute atomic E-state index is 12.0. The molecule has 1 fully saturated rings. The van der Waals surface area contributed by atoms with E-state index in [4.69, 9.17) is 10.8 Å². The molecule has 1 aromatic rings. The van der Waals surface area contributed by atoms with Crippen LogP contribution in [0.5, 0.6) is 0 Å². The van der Waals surface area contributed by atoms with E-state index in [0.717, 1.165) is 36.3 Å². The Labute approximate surface area is 125 Å². The topological polar surface area (TPSA) is 69.8 Å². The Morgan fingerprint density at radius 3 is 3.00 bits per heavy atom. The largest absolute Gasteiger partial charge is 0.396 e. The fourth-order valence-electron chi connectivity index (χ4n) is 3.53. The van der Waals surface area contributed by atoms with Crippen molar-refractivity contribution >= 4 is 17.3 Å². The predicted molar refractivity (Wildman–Crippen MR) is 83.5 cm³/mol. The normalized spacial score (nSPS) is 24.8. The average Bonchev–Trinajstić information content (AvgIpc) is 3.05. The highest BCUT2D eigenvalue weighted by Gasteiger charge is 2.33. The minimum atomic E-state index is -0.525. The van der Waals surface area contributed by atoms with Crippen LogP contribution in [0.1, 0.15) is 37.3 Å². The van der Waals surface area contributed by atoms with Crippen LogP contribution in [0.25, 0.3) is 0 Å². The standard InChI is InChI=1S/C16H23N3O2/c1-18-14-10-12(6-7-13(14)15(17)16(18)21)19-8-2-4-11(19)5-3-9-20/h6-7,10-11,15,20H,2-5,8-9,17H2,1H3. The summed E-state index contributed by atoms with van der Waals surface area (Å²) in [6, 6.07) is 6.10. The Hall–Kier alpha value is -1.59. The molecular formula is C16H23N3O2. The van der Waals surface area contributed by atoms with Crippen LogP contribution in [0.2, 0.25) is 0 Å². The molecule has 2 atom stereocenters. The third-order valence-electron chi connectivity index (χ3n) is 4.71. The van der Waals surface area contributed by atoms with Gasteiger partial charge in [0.1, 0.15) is 6.04 Å². The number of anilines is 2. The molecule has 0 aromatic heterocycles. The number of nitrogens with two attached hydrogens (primary N) is 1. The highest BCUT2D eigenvalue weighted by Crippen LogP contribution is 2.38. The lowest BCUT2D eigenvalue weighted by Crippen LogP contribution is -2.29. The second kappa shape index (κ2) is 5.66. The quantitative estimate of drug-likeness (QED) is 0.879. The minimum absolute atomic E-state index is 0.0413. The van der Waals surface area contributed by atoms with Gasteiger partial charge in [-0.25, -0.2) is 0 Å². The zero-order valence-electron chi connectivity index (χ0n) is 12.5. The molecule has 5 nitrogen and oxygen atoms in total. The molecule has 3 N–H and O–H groups in total. The number of hydrogen-bond donors (Lipinski definition) is 2. The van der Waals surface area contributed by atoms with E-state index in [1.54, 1.807) is 11.9 Å². The van der Waals surface area contributed by atoms with Gasteiger partial charge in [0.05, 0.1) is 5.69 Å². The molecule has 1 aromatic carbocycles. The minimum Gasteiger partial charge on any atom is -0.396 e. The lowest BCUT2D eigenvalue weighted by Gasteiger charge is -2.27. The number of hydrogen-bond acceptors (Lipinski definition) is 4. The number of amides is 1. The molecule has 114 valence electrons. The van der Waals surface area contributed by atoms with Gasteiger partial charge in [-0.05, 0) is 37.8 Å². The first-order valence-corrected chi connectivity index (χ1v) is 7.68. The van der Waals surface area contributed by atoms with Gasteiger partial charge in [0, 0.05) is 37.5 Å². The molecule has 3 rings (SSSR count). The Bertz CT molecular complexity index is 546. The molecule has 0 saturated carbocycles. The number of aliphatic hydroxyl groups excluding tert-OH is 1. The van der Waals surface area contributed by atoms with Crippen LogP contribution >= 0.6 is 0 Å². The van der Waals surface area contributed by atoms with Gasteiger partial charge in [0.2, 0.25) is 5.91 Å². The molecule has 1 amide bonds. The Balaban J connectivity index is 1.86. The van der Waals surface area contributed by atoms with E-state index in [1.807, 2.05) is 6.07 Å². The van der Waals surface area contributed by atoms with Crippen LogP contribution in [-0.2, 0) is 4.79 Å². The SMILES string of the molecule is CN1C(=O)C(N)c2ccc(N3CCCC3CCCO)cc21. The first-order valence-electron chi connectivity index (χ1n) is 7.68.